The van der Waals surface area contributed by atoms with E-state index in [2.05, 4.69) is 40.7 Å². The molecule has 1 aromatic carbocycles. The van der Waals surface area contributed by atoms with E-state index in [0.717, 1.165) is 51.5 Å². The largest absolute Gasteiger partial charge is 0.295 e. The molecule has 1 aliphatic rings. The van der Waals surface area contributed by atoms with Crippen molar-refractivity contribution in [3.05, 3.63) is 47.8 Å². The number of nitrogens with zero attached hydrogens (tertiary/aromatic N) is 5. The van der Waals surface area contributed by atoms with Crippen LogP contribution in [0.1, 0.15) is 38.6 Å². The van der Waals surface area contributed by atoms with Crippen molar-refractivity contribution in [1.82, 2.24) is 24.6 Å². The van der Waals surface area contributed by atoms with Crippen molar-refractivity contribution in [3.63, 3.8) is 0 Å². The van der Waals surface area contributed by atoms with Gasteiger partial charge in [-0.05, 0) is 43.5 Å². The van der Waals surface area contributed by atoms with Gasteiger partial charge in [0.2, 0.25) is 0 Å². The Labute approximate surface area is 155 Å². The minimum Gasteiger partial charge on any atom is -0.295 e. The number of hydrogen-bond donors (Lipinski definition) is 0. The molecule has 0 aliphatic carbocycles. The van der Waals surface area contributed by atoms with Crippen LogP contribution in [0.4, 0.5) is 4.39 Å². The highest BCUT2D eigenvalue weighted by molar-refractivity contribution is 5.16. The normalized spacial score (nSPS) is 19.8. The summed E-state index contributed by atoms with van der Waals surface area (Å²) in [5.41, 5.74) is 1.18. The molecule has 0 spiro atoms. The van der Waals surface area contributed by atoms with Crippen LogP contribution in [-0.2, 0) is 19.6 Å². The summed E-state index contributed by atoms with van der Waals surface area (Å²) in [6.45, 7) is 12.4. The van der Waals surface area contributed by atoms with Gasteiger partial charge in [-0.2, -0.15) is 5.10 Å². The van der Waals surface area contributed by atoms with Crippen molar-refractivity contribution in [1.29, 1.82) is 0 Å². The Morgan fingerprint density at radius 3 is 2.62 bits per heavy atom. The summed E-state index contributed by atoms with van der Waals surface area (Å²) >= 11 is 0. The second-order valence-electron chi connectivity index (χ2n) is 7.49. The average Bonchev–Trinajstić information content (AvgIpc) is 2.97. The highest BCUT2D eigenvalue weighted by atomic mass is 19.1. The van der Waals surface area contributed by atoms with Crippen molar-refractivity contribution < 1.29 is 4.39 Å². The summed E-state index contributed by atoms with van der Waals surface area (Å²) in [5, 5.41) is 4.29. The Morgan fingerprint density at radius 2 is 1.92 bits per heavy atom. The molecule has 1 aliphatic heterocycles. The molecule has 0 amide bonds. The molecule has 6 heteroatoms. The molecule has 142 valence electrons. The van der Waals surface area contributed by atoms with E-state index >= 15 is 0 Å². The summed E-state index contributed by atoms with van der Waals surface area (Å²) in [7, 11) is 0. The molecule has 0 radical (unpaired) electrons. The van der Waals surface area contributed by atoms with Gasteiger partial charge in [0.05, 0.1) is 6.54 Å². The van der Waals surface area contributed by atoms with E-state index < -0.39 is 0 Å². The lowest BCUT2D eigenvalue weighted by atomic mass is 10.0. The topological polar surface area (TPSA) is 37.2 Å². The molecular formula is C20H30FN5. The minimum absolute atomic E-state index is 0.170. The molecule has 5 nitrogen and oxygen atoms in total. The molecule has 3 rings (SSSR count). The molecule has 1 unspecified atom stereocenters. The smallest absolute Gasteiger partial charge is 0.140 e. The quantitative estimate of drug-likeness (QED) is 0.794. The Kier molecular flexibility index (Phi) is 6.38. The van der Waals surface area contributed by atoms with Gasteiger partial charge < -0.3 is 0 Å². The van der Waals surface area contributed by atoms with E-state index in [1.807, 2.05) is 16.8 Å². The maximum absolute atomic E-state index is 13.2. The maximum atomic E-state index is 13.2. The number of hydrogen-bond acceptors (Lipinski definition) is 4. The SMILES string of the molecule is CCn1ncnc1CN1CCCN(Cc2ccc(F)cc2)C(C(C)C)C1. The van der Waals surface area contributed by atoms with Crippen LogP contribution in [0, 0.1) is 11.7 Å². The highest BCUT2D eigenvalue weighted by Gasteiger charge is 2.28. The summed E-state index contributed by atoms with van der Waals surface area (Å²) in [4.78, 5) is 9.50. The monoisotopic (exact) mass is 359 g/mol. The Morgan fingerprint density at radius 1 is 1.15 bits per heavy atom. The summed E-state index contributed by atoms with van der Waals surface area (Å²) in [6, 6.07) is 7.39. The van der Waals surface area contributed by atoms with Crippen LogP contribution >= 0.6 is 0 Å². The van der Waals surface area contributed by atoms with Gasteiger partial charge in [0, 0.05) is 32.2 Å². The molecule has 26 heavy (non-hydrogen) atoms. The molecule has 2 aromatic rings. The fraction of sp³-hybridized carbons (Fsp3) is 0.600. The first kappa shape index (κ1) is 19.0. The Balaban J connectivity index is 1.69. The van der Waals surface area contributed by atoms with Crippen LogP contribution in [0.15, 0.2) is 30.6 Å². The van der Waals surface area contributed by atoms with Gasteiger partial charge in [-0.1, -0.05) is 26.0 Å². The minimum atomic E-state index is -0.170. The van der Waals surface area contributed by atoms with Crippen molar-refractivity contribution in [2.24, 2.45) is 5.92 Å². The molecular weight excluding hydrogens is 329 g/mol. The molecule has 1 fully saturated rings. The van der Waals surface area contributed by atoms with Crippen LogP contribution in [0.3, 0.4) is 0 Å². The van der Waals surface area contributed by atoms with E-state index in [1.165, 1.54) is 5.56 Å². The van der Waals surface area contributed by atoms with Crippen LogP contribution in [0.25, 0.3) is 0 Å². The predicted molar refractivity (Wildman–Crippen MR) is 101 cm³/mol. The molecule has 0 N–H and O–H groups in total. The first-order valence-electron chi connectivity index (χ1n) is 9.64. The first-order chi connectivity index (χ1) is 12.6. The number of rotatable bonds is 6. The van der Waals surface area contributed by atoms with E-state index in [0.29, 0.717) is 12.0 Å². The zero-order chi connectivity index (χ0) is 18.5. The van der Waals surface area contributed by atoms with Crippen LogP contribution in [-0.4, -0.2) is 50.2 Å². The van der Waals surface area contributed by atoms with E-state index in [1.54, 1.807) is 18.5 Å². The molecule has 0 saturated carbocycles. The first-order valence-corrected chi connectivity index (χ1v) is 9.64. The standard InChI is InChI=1S/C20H30FN5/c1-4-26-20(22-15-23-26)14-24-10-5-11-25(19(13-24)16(2)3)12-17-6-8-18(21)9-7-17/h6-9,15-16,19H,4-5,10-14H2,1-3H3. The van der Waals surface area contributed by atoms with Gasteiger partial charge in [0.15, 0.2) is 0 Å². The molecule has 1 aromatic heterocycles. The fourth-order valence-electron chi connectivity index (χ4n) is 3.81. The van der Waals surface area contributed by atoms with Crippen LogP contribution < -0.4 is 0 Å². The molecule has 0 bridgehead atoms. The highest BCUT2D eigenvalue weighted by Crippen LogP contribution is 2.21. The lowest BCUT2D eigenvalue weighted by molar-refractivity contribution is 0.128. The second kappa shape index (κ2) is 8.73. The maximum Gasteiger partial charge on any atom is 0.140 e. The van der Waals surface area contributed by atoms with Crippen molar-refractivity contribution in [3.8, 4) is 0 Å². The summed E-state index contributed by atoms with van der Waals surface area (Å²) < 4.78 is 15.2. The zero-order valence-electron chi connectivity index (χ0n) is 16.1. The van der Waals surface area contributed by atoms with Crippen molar-refractivity contribution in [2.75, 3.05) is 19.6 Å². The van der Waals surface area contributed by atoms with Gasteiger partial charge in [-0.25, -0.2) is 14.1 Å². The Hall–Kier alpha value is -1.79. The third kappa shape index (κ3) is 4.68. The van der Waals surface area contributed by atoms with E-state index in [9.17, 15) is 4.39 Å². The zero-order valence-corrected chi connectivity index (χ0v) is 16.1. The van der Waals surface area contributed by atoms with Crippen LogP contribution in [0.2, 0.25) is 0 Å². The lowest BCUT2D eigenvalue weighted by Gasteiger charge is -2.34. The van der Waals surface area contributed by atoms with Gasteiger partial charge in [-0.3, -0.25) is 9.80 Å². The third-order valence-corrected chi connectivity index (χ3v) is 5.26. The second-order valence-corrected chi connectivity index (χ2v) is 7.49. The van der Waals surface area contributed by atoms with E-state index in [-0.39, 0.29) is 5.82 Å². The van der Waals surface area contributed by atoms with Crippen LogP contribution in [0.5, 0.6) is 0 Å². The predicted octanol–water partition coefficient (Wildman–Crippen LogP) is 3.17. The fourth-order valence-corrected chi connectivity index (χ4v) is 3.81. The number of halogens is 1. The van der Waals surface area contributed by atoms with Crippen molar-refractivity contribution in [2.45, 2.75) is 52.9 Å². The summed E-state index contributed by atoms with van der Waals surface area (Å²) in [6.07, 6.45) is 2.78. The van der Waals surface area contributed by atoms with Gasteiger partial charge in [0.25, 0.3) is 0 Å². The average molecular weight is 359 g/mol. The molecule has 1 atom stereocenters. The number of aromatic nitrogens is 3. The third-order valence-electron chi connectivity index (χ3n) is 5.26. The van der Waals surface area contributed by atoms with Gasteiger partial charge >= 0.3 is 0 Å². The Bertz CT molecular complexity index is 682. The van der Waals surface area contributed by atoms with Crippen molar-refractivity contribution >= 4 is 0 Å². The molecule has 1 saturated heterocycles. The summed E-state index contributed by atoms with van der Waals surface area (Å²) in [5.74, 6) is 1.43. The molecule has 2 heterocycles. The van der Waals surface area contributed by atoms with E-state index in [4.69, 9.17) is 0 Å². The van der Waals surface area contributed by atoms with Gasteiger partial charge in [0.1, 0.15) is 18.0 Å². The number of benzene rings is 1. The lowest BCUT2D eigenvalue weighted by Crippen LogP contribution is -2.44. The van der Waals surface area contributed by atoms with Gasteiger partial charge in [-0.15, -0.1) is 0 Å². The number of aryl methyl sites for hydroxylation is 1.